The van der Waals surface area contributed by atoms with Crippen molar-refractivity contribution in [2.45, 2.75) is 31.8 Å². The highest BCUT2D eigenvalue weighted by Gasteiger charge is 2.34. The first kappa shape index (κ1) is 20.8. The molecule has 2 aromatic carbocycles. The Labute approximate surface area is 174 Å². The Balaban J connectivity index is 1.92. The van der Waals surface area contributed by atoms with E-state index < -0.39 is 16.1 Å². The molecule has 1 aliphatic rings. The van der Waals surface area contributed by atoms with Crippen molar-refractivity contribution in [3.8, 4) is 0 Å². The molecule has 0 spiro atoms. The van der Waals surface area contributed by atoms with Crippen molar-refractivity contribution < 1.29 is 13.2 Å². The van der Waals surface area contributed by atoms with Crippen molar-refractivity contribution >= 4 is 37.9 Å². The van der Waals surface area contributed by atoms with Gasteiger partial charge in [0, 0.05) is 23.0 Å². The normalized spacial score (nSPS) is 18.2. The number of halogens is 1. The monoisotopic (exact) mass is 462 g/mol. The molecular weight excluding hydrogens is 440 g/mol. The standard InChI is InChI=1S/C21H23BrN2O3S/c22-19-11-9-18(10-12-19)16-24(20-8-4-5-14-23-21(20)25)28(26,27)15-13-17-6-2-1-3-7-17/h1-3,6-7,9-13,15,20H,4-5,8,14,16H2,(H,23,25)/t20-/m1/s1. The number of benzene rings is 2. The lowest BCUT2D eigenvalue weighted by Crippen LogP contribution is -2.47. The van der Waals surface area contributed by atoms with Crippen molar-refractivity contribution in [1.82, 2.24) is 9.62 Å². The van der Waals surface area contributed by atoms with E-state index in [-0.39, 0.29) is 12.5 Å². The number of nitrogens with one attached hydrogen (secondary N) is 1. The summed E-state index contributed by atoms with van der Waals surface area (Å²) < 4.78 is 28.6. The molecule has 0 aliphatic carbocycles. The van der Waals surface area contributed by atoms with Gasteiger partial charge in [-0.25, -0.2) is 8.42 Å². The number of nitrogens with zero attached hydrogens (tertiary/aromatic N) is 1. The first-order valence-electron chi connectivity index (χ1n) is 9.23. The number of amides is 1. The van der Waals surface area contributed by atoms with Crippen LogP contribution in [0.2, 0.25) is 0 Å². The molecule has 0 bridgehead atoms. The van der Waals surface area contributed by atoms with Crippen molar-refractivity contribution in [2.24, 2.45) is 0 Å². The van der Waals surface area contributed by atoms with E-state index in [4.69, 9.17) is 0 Å². The maximum Gasteiger partial charge on any atom is 0.238 e. The van der Waals surface area contributed by atoms with Gasteiger partial charge in [-0.05, 0) is 48.6 Å². The fraction of sp³-hybridized carbons (Fsp3) is 0.286. The van der Waals surface area contributed by atoms with Gasteiger partial charge in [-0.1, -0.05) is 58.4 Å². The molecule has 1 aliphatic heterocycles. The quantitative estimate of drug-likeness (QED) is 0.707. The highest BCUT2D eigenvalue weighted by atomic mass is 79.9. The van der Waals surface area contributed by atoms with Crippen LogP contribution in [0.15, 0.2) is 64.5 Å². The van der Waals surface area contributed by atoms with Gasteiger partial charge in [-0.15, -0.1) is 0 Å². The molecule has 1 saturated heterocycles. The summed E-state index contributed by atoms with van der Waals surface area (Å²) in [7, 11) is -3.80. The molecule has 1 N–H and O–H groups in total. The van der Waals surface area contributed by atoms with E-state index in [2.05, 4.69) is 21.2 Å². The maximum atomic E-state index is 13.2. The summed E-state index contributed by atoms with van der Waals surface area (Å²) in [4.78, 5) is 12.6. The van der Waals surface area contributed by atoms with Crippen LogP contribution in [0.25, 0.3) is 6.08 Å². The van der Waals surface area contributed by atoms with E-state index in [0.29, 0.717) is 13.0 Å². The van der Waals surface area contributed by atoms with E-state index in [1.165, 1.54) is 9.71 Å². The van der Waals surface area contributed by atoms with E-state index in [1.54, 1.807) is 6.08 Å². The average Bonchev–Trinajstić information content (AvgIpc) is 2.91. The Bertz CT molecular complexity index is 928. The number of hydrogen-bond acceptors (Lipinski definition) is 3. The van der Waals surface area contributed by atoms with Gasteiger partial charge in [-0.3, -0.25) is 4.79 Å². The van der Waals surface area contributed by atoms with Crippen molar-refractivity contribution in [2.75, 3.05) is 6.54 Å². The minimum atomic E-state index is -3.80. The van der Waals surface area contributed by atoms with Crippen LogP contribution in [0.1, 0.15) is 30.4 Å². The Morgan fingerprint density at radius 1 is 1.07 bits per heavy atom. The van der Waals surface area contributed by atoms with Crippen LogP contribution in [0.4, 0.5) is 0 Å². The van der Waals surface area contributed by atoms with Gasteiger partial charge in [0.2, 0.25) is 15.9 Å². The minimum absolute atomic E-state index is 0.146. The maximum absolute atomic E-state index is 13.2. The number of rotatable bonds is 6. The number of sulfonamides is 1. The number of carbonyl (C=O) groups is 1. The summed E-state index contributed by atoms with van der Waals surface area (Å²) in [6.45, 7) is 0.730. The molecule has 0 radical (unpaired) electrons. The zero-order chi connectivity index (χ0) is 20.0. The summed E-state index contributed by atoms with van der Waals surface area (Å²) in [5, 5.41) is 4.03. The summed E-state index contributed by atoms with van der Waals surface area (Å²) in [5.41, 5.74) is 1.62. The van der Waals surface area contributed by atoms with Gasteiger partial charge in [0.25, 0.3) is 0 Å². The third-order valence-corrected chi connectivity index (χ3v) is 6.71. The molecule has 148 valence electrons. The van der Waals surface area contributed by atoms with Crippen molar-refractivity contribution in [3.63, 3.8) is 0 Å². The van der Waals surface area contributed by atoms with Crippen LogP contribution in [0, 0.1) is 0 Å². The van der Waals surface area contributed by atoms with Crippen molar-refractivity contribution in [1.29, 1.82) is 0 Å². The second-order valence-corrected chi connectivity index (χ2v) is 9.42. The molecule has 1 heterocycles. The predicted octanol–water partition coefficient (Wildman–Crippen LogP) is 3.92. The number of hydrogen-bond donors (Lipinski definition) is 1. The molecule has 28 heavy (non-hydrogen) atoms. The Kier molecular flexibility index (Phi) is 7.04. The van der Waals surface area contributed by atoms with Crippen LogP contribution in [-0.2, 0) is 21.4 Å². The smallest absolute Gasteiger partial charge is 0.238 e. The Morgan fingerprint density at radius 2 is 1.79 bits per heavy atom. The first-order valence-corrected chi connectivity index (χ1v) is 11.5. The van der Waals surface area contributed by atoms with E-state index >= 15 is 0 Å². The third-order valence-electron chi connectivity index (χ3n) is 4.66. The van der Waals surface area contributed by atoms with Crippen LogP contribution in [0.3, 0.4) is 0 Å². The summed E-state index contributed by atoms with van der Waals surface area (Å²) in [6.07, 6.45) is 3.74. The van der Waals surface area contributed by atoms with Crippen LogP contribution in [0.5, 0.6) is 0 Å². The fourth-order valence-corrected chi connectivity index (χ4v) is 4.79. The molecule has 1 amide bonds. The lowest BCUT2D eigenvalue weighted by molar-refractivity contribution is -0.124. The molecule has 1 fully saturated rings. The zero-order valence-electron chi connectivity index (χ0n) is 15.4. The second kappa shape index (κ2) is 9.49. The largest absolute Gasteiger partial charge is 0.355 e. The molecule has 5 nitrogen and oxygen atoms in total. The van der Waals surface area contributed by atoms with E-state index in [1.807, 2.05) is 54.6 Å². The highest BCUT2D eigenvalue weighted by Crippen LogP contribution is 2.22. The Hall–Kier alpha value is -1.96. The van der Waals surface area contributed by atoms with E-state index in [0.717, 1.165) is 28.4 Å². The van der Waals surface area contributed by atoms with Crippen LogP contribution < -0.4 is 5.32 Å². The first-order chi connectivity index (χ1) is 13.5. The summed E-state index contributed by atoms with van der Waals surface area (Å²) >= 11 is 3.39. The summed E-state index contributed by atoms with van der Waals surface area (Å²) in [6, 6.07) is 16.0. The Morgan fingerprint density at radius 3 is 2.50 bits per heavy atom. The molecule has 1 atom stereocenters. The minimum Gasteiger partial charge on any atom is -0.355 e. The molecule has 0 aromatic heterocycles. The van der Waals surface area contributed by atoms with Gasteiger partial charge in [0.15, 0.2) is 0 Å². The van der Waals surface area contributed by atoms with Gasteiger partial charge in [0.05, 0.1) is 0 Å². The zero-order valence-corrected chi connectivity index (χ0v) is 17.8. The van der Waals surface area contributed by atoms with Gasteiger partial charge >= 0.3 is 0 Å². The van der Waals surface area contributed by atoms with Crippen molar-refractivity contribution in [3.05, 3.63) is 75.6 Å². The third kappa shape index (κ3) is 5.53. The van der Waals surface area contributed by atoms with Gasteiger partial charge < -0.3 is 5.32 Å². The van der Waals surface area contributed by atoms with Crippen LogP contribution in [-0.4, -0.2) is 31.2 Å². The highest BCUT2D eigenvalue weighted by molar-refractivity contribution is 9.10. The second-order valence-electron chi connectivity index (χ2n) is 6.73. The lowest BCUT2D eigenvalue weighted by atomic mass is 10.1. The molecule has 7 heteroatoms. The molecule has 2 aromatic rings. The average molecular weight is 463 g/mol. The van der Waals surface area contributed by atoms with Gasteiger partial charge in [-0.2, -0.15) is 4.31 Å². The van der Waals surface area contributed by atoms with E-state index in [9.17, 15) is 13.2 Å². The predicted molar refractivity (Wildman–Crippen MR) is 115 cm³/mol. The van der Waals surface area contributed by atoms with Crippen LogP contribution >= 0.6 is 15.9 Å². The molecule has 0 unspecified atom stereocenters. The van der Waals surface area contributed by atoms with Gasteiger partial charge in [0.1, 0.15) is 6.04 Å². The molecule has 3 rings (SSSR count). The number of carbonyl (C=O) groups excluding carboxylic acids is 1. The molecular formula is C21H23BrN2O3S. The fourth-order valence-electron chi connectivity index (χ4n) is 3.15. The molecule has 0 saturated carbocycles. The summed E-state index contributed by atoms with van der Waals surface area (Å²) in [5.74, 6) is -0.230. The topological polar surface area (TPSA) is 66.5 Å². The SMILES string of the molecule is O=C1NCCCC[C@H]1N(Cc1ccc(Br)cc1)S(=O)(=O)C=Cc1ccccc1. The lowest BCUT2D eigenvalue weighted by Gasteiger charge is -2.28.